The molecule has 2 nitrogen and oxygen atoms in total. The van der Waals surface area contributed by atoms with Gasteiger partial charge in [-0.3, -0.25) is 0 Å². The van der Waals surface area contributed by atoms with Crippen molar-refractivity contribution in [3.8, 4) is 0 Å². The zero-order chi connectivity index (χ0) is 12.8. The number of nitrogens with zero attached hydrogens (tertiary/aromatic N) is 1. The van der Waals surface area contributed by atoms with Crippen LogP contribution in [0.25, 0.3) is 0 Å². The van der Waals surface area contributed by atoms with Gasteiger partial charge in [0.15, 0.2) is 0 Å². The molecule has 0 N–H and O–H groups in total. The van der Waals surface area contributed by atoms with E-state index in [0.29, 0.717) is 12.5 Å². The molecule has 0 amide bonds. The van der Waals surface area contributed by atoms with Crippen molar-refractivity contribution < 1.29 is 4.79 Å². The molecule has 1 aromatic carbocycles. The summed E-state index contributed by atoms with van der Waals surface area (Å²) in [6.45, 7) is 3.82. The predicted octanol–water partition coefficient (Wildman–Crippen LogP) is 3.22. The topological polar surface area (TPSA) is 20.3 Å². The van der Waals surface area contributed by atoms with Crippen LogP contribution in [-0.2, 0) is 11.2 Å². The van der Waals surface area contributed by atoms with Crippen molar-refractivity contribution in [3.63, 3.8) is 0 Å². The lowest BCUT2D eigenvalue weighted by molar-refractivity contribution is -0.117. The predicted molar refractivity (Wildman–Crippen MR) is 72.2 cm³/mol. The molecular weight excluding hydrogens is 210 g/mol. The largest absolute Gasteiger partial charge is 0.302 e. The van der Waals surface area contributed by atoms with Gasteiger partial charge < -0.3 is 9.69 Å². The van der Waals surface area contributed by atoms with Gasteiger partial charge in [0, 0.05) is 12.5 Å². The van der Waals surface area contributed by atoms with Crippen LogP contribution in [0.4, 0.5) is 0 Å². The van der Waals surface area contributed by atoms with Crippen LogP contribution in [-0.4, -0.2) is 24.8 Å². The summed E-state index contributed by atoms with van der Waals surface area (Å²) in [6.07, 6.45) is 2.62. The lowest BCUT2D eigenvalue weighted by Crippen LogP contribution is -2.20. The summed E-state index contributed by atoms with van der Waals surface area (Å²) < 4.78 is 0. The minimum Gasteiger partial charge on any atom is -0.302 e. The Balaban J connectivity index is 2.78. The number of rotatable bonds is 6. The van der Waals surface area contributed by atoms with E-state index in [1.165, 1.54) is 11.1 Å². The maximum Gasteiger partial charge on any atom is 0.129 e. The Morgan fingerprint density at radius 3 is 2.24 bits per heavy atom. The van der Waals surface area contributed by atoms with Crippen molar-refractivity contribution in [3.05, 3.63) is 35.4 Å². The van der Waals surface area contributed by atoms with E-state index in [1.54, 1.807) is 6.92 Å². The second-order valence-corrected chi connectivity index (χ2v) is 4.82. The van der Waals surface area contributed by atoms with Gasteiger partial charge >= 0.3 is 0 Å². The smallest absolute Gasteiger partial charge is 0.129 e. The third kappa shape index (κ3) is 4.31. The Bertz CT molecular complexity index is 354. The standard InChI is InChI=1S/C15H23NO/c1-5-13-7-9-14(10-8-13)15(16(3)4)11-6-12(2)17/h7-10,15H,5-6,11H2,1-4H3. The summed E-state index contributed by atoms with van der Waals surface area (Å²) in [5, 5.41) is 0. The summed E-state index contributed by atoms with van der Waals surface area (Å²) in [5.41, 5.74) is 2.66. The Hall–Kier alpha value is -1.15. The van der Waals surface area contributed by atoms with Crippen LogP contribution in [0.2, 0.25) is 0 Å². The van der Waals surface area contributed by atoms with Crippen molar-refractivity contribution in [2.45, 2.75) is 39.2 Å². The minimum absolute atomic E-state index is 0.266. The maximum absolute atomic E-state index is 11.1. The fourth-order valence-corrected chi connectivity index (χ4v) is 2.04. The quantitative estimate of drug-likeness (QED) is 0.752. The minimum atomic E-state index is 0.266. The molecule has 0 aliphatic heterocycles. The van der Waals surface area contributed by atoms with Crippen LogP contribution in [0.1, 0.15) is 43.9 Å². The van der Waals surface area contributed by atoms with Crippen LogP contribution in [0.15, 0.2) is 24.3 Å². The first kappa shape index (κ1) is 13.9. The van der Waals surface area contributed by atoms with Gasteiger partial charge in [0.1, 0.15) is 5.78 Å². The highest BCUT2D eigenvalue weighted by atomic mass is 16.1. The number of hydrogen-bond donors (Lipinski definition) is 0. The molecule has 0 bridgehead atoms. The third-order valence-corrected chi connectivity index (χ3v) is 3.17. The summed E-state index contributed by atoms with van der Waals surface area (Å²) in [5.74, 6) is 0.266. The first-order valence-electron chi connectivity index (χ1n) is 6.29. The molecule has 0 radical (unpaired) electrons. The molecule has 94 valence electrons. The highest BCUT2D eigenvalue weighted by molar-refractivity contribution is 5.75. The average Bonchev–Trinajstić information content (AvgIpc) is 2.29. The van der Waals surface area contributed by atoms with Crippen LogP contribution >= 0.6 is 0 Å². The Kier molecular flexibility index (Phi) is 5.36. The molecule has 1 atom stereocenters. The van der Waals surface area contributed by atoms with Crippen LogP contribution in [0, 0.1) is 0 Å². The number of hydrogen-bond acceptors (Lipinski definition) is 2. The monoisotopic (exact) mass is 233 g/mol. The lowest BCUT2D eigenvalue weighted by atomic mass is 9.98. The molecule has 17 heavy (non-hydrogen) atoms. The van der Waals surface area contributed by atoms with Gasteiger partial charge in [-0.15, -0.1) is 0 Å². The van der Waals surface area contributed by atoms with Gasteiger partial charge in [-0.05, 0) is 45.0 Å². The lowest BCUT2D eigenvalue weighted by Gasteiger charge is -2.24. The van der Waals surface area contributed by atoms with Gasteiger partial charge in [0.05, 0.1) is 0 Å². The van der Waals surface area contributed by atoms with E-state index in [9.17, 15) is 4.79 Å². The van der Waals surface area contributed by atoms with E-state index in [1.807, 2.05) is 0 Å². The zero-order valence-electron chi connectivity index (χ0n) is 11.4. The molecule has 0 aliphatic rings. The normalized spacial score (nSPS) is 12.8. The third-order valence-electron chi connectivity index (χ3n) is 3.17. The van der Waals surface area contributed by atoms with Crippen molar-refractivity contribution in [2.75, 3.05) is 14.1 Å². The van der Waals surface area contributed by atoms with Gasteiger partial charge in [-0.1, -0.05) is 31.2 Å². The highest BCUT2D eigenvalue weighted by Gasteiger charge is 2.14. The van der Waals surface area contributed by atoms with E-state index >= 15 is 0 Å². The first-order valence-corrected chi connectivity index (χ1v) is 6.29. The van der Waals surface area contributed by atoms with Crippen molar-refractivity contribution in [1.29, 1.82) is 0 Å². The van der Waals surface area contributed by atoms with Gasteiger partial charge in [0.2, 0.25) is 0 Å². The summed E-state index contributed by atoms with van der Waals surface area (Å²) >= 11 is 0. The second kappa shape index (κ2) is 6.55. The molecule has 0 aliphatic carbocycles. The van der Waals surface area contributed by atoms with Crippen molar-refractivity contribution in [1.82, 2.24) is 4.90 Å². The second-order valence-electron chi connectivity index (χ2n) is 4.82. The molecular formula is C15H23NO. The summed E-state index contributed by atoms with van der Waals surface area (Å²) in [4.78, 5) is 13.3. The van der Waals surface area contributed by atoms with E-state index in [2.05, 4.69) is 50.2 Å². The molecule has 2 heteroatoms. The fourth-order valence-electron chi connectivity index (χ4n) is 2.04. The molecule has 1 aromatic rings. The number of ketones is 1. The molecule has 0 spiro atoms. The van der Waals surface area contributed by atoms with Gasteiger partial charge in [0.25, 0.3) is 0 Å². The first-order chi connectivity index (χ1) is 8.04. The fraction of sp³-hybridized carbons (Fsp3) is 0.533. The number of benzene rings is 1. The molecule has 1 unspecified atom stereocenters. The number of carbonyl (C=O) groups excluding carboxylic acids is 1. The molecule has 0 fully saturated rings. The molecule has 0 saturated carbocycles. The summed E-state index contributed by atoms with van der Waals surface area (Å²) in [7, 11) is 4.14. The Morgan fingerprint density at radius 2 is 1.82 bits per heavy atom. The average molecular weight is 233 g/mol. The SMILES string of the molecule is CCc1ccc(C(CCC(C)=O)N(C)C)cc1. The van der Waals surface area contributed by atoms with Crippen LogP contribution in [0.3, 0.4) is 0 Å². The van der Waals surface area contributed by atoms with E-state index in [4.69, 9.17) is 0 Å². The highest BCUT2D eigenvalue weighted by Crippen LogP contribution is 2.24. The van der Waals surface area contributed by atoms with Crippen LogP contribution in [0.5, 0.6) is 0 Å². The molecule has 0 heterocycles. The van der Waals surface area contributed by atoms with Gasteiger partial charge in [-0.25, -0.2) is 0 Å². The Morgan fingerprint density at radius 1 is 1.24 bits per heavy atom. The van der Waals surface area contributed by atoms with Crippen molar-refractivity contribution >= 4 is 5.78 Å². The number of aryl methyl sites for hydroxylation is 1. The molecule has 0 saturated heterocycles. The zero-order valence-corrected chi connectivity index (χ0v) is 11.4. The van der Waals surface area contributed by atoms with E-state index in [-0.39, 0.29) is 5.78 Å². The van der Waals surface area contributed by atoms with Crippen LogP contribution < -0.4 is 0 Å². The molecule has 1 rings (SSSR count). The van der Waals surface area contributed by atoms with E-state index < -0.39 is 0 Å². The summed E-state index contributed by atoms with van der Waals surface area (Å²) in [6, 6.07) is 9.07. The van der Waals surface area contributed by atoms with Crippen molar-refractivity contribution in [2.24, 2.45) is 0 Å². The number of Topliss-reactive ketones (excluding diaryl/α,β-unsaturated/α-hetero) is 1. The van der Waals surface area contributed by atoms with E-state index in [0.717, 1.165) is 12.8 Å². The molecule has 0 aromatic heterocycles. The Labute approximate surface area is 105 Å². The number of carbonyl (C=O) groups is 1. The maximum atomic E-state index is 11.1. The van der Waals surface area contributed by atoms with Gasteiger partial charge in [-0.2, -0.15) is 0 Å².